The normalized spacial score (nSPS) is 15.0. The third-order valence-corrected chi connectivity index (χ3v) is 7.60. The first-order valence-corrected chi connectivity index (χ1v) is 13.8. The van der Waals surface area contributed by atoms with Crippen LogP contribution in [0.15, 0.2) is 42.5 Å². The van der Waals surface area contributed by atoms with E-state index in [2.05, 4.69) is 5.32 Å². The Hall–Kier alpha value is -2.65. The molecule has 1 fully saturated rings. The van der Waals surface area contributed by atoms with Gasteiger partial charge in [0.05, 0.1) is 11.9 Å². The summed E-state index contributed by atoms with van der Waals surface area (Å²) in [6.07, 6.45) is 4.89. The predicted molar refractivity (Wildman–Crippen MR) is 135 cm³/mol. The minimum atomic E-state index is -3.83. The molecule has 190 valence electrons. The lowest BCUT2D eigenvalue weighted by Gasteiger charge is -2.32. The third-order valence-electron chi connectivity index (χ3n) is 6.24. The highest BCUT2D eigenvalue weighted by molar-refractivity contribution is 7.92. The highest BCUT2D eigenvalue weighted by Crippen LogP contribution is 2.26. The Morgan fingerprint density at radius 3 is 2.34 bits per heavy atom. The molecule has 35 heavy (non-hydrogen) atoms. The van der Waals surface area contributed by atoms with Gasteiger partial charge in [0.15, 0.2) is 0 Å². The average Bonchev–Trinajstić information content (AvgIpc) is 3.29. The minimum Gasteiger partial charge on any atom is -0.352 e. The summed E-state index contributed by atoms with van der Waals surface area (Å²) in [5.74, 6) is -1.27. The van der Waals surface area contributed by atoms with Gasteiger partial charge in [0, 0.05) is 17.6 Å². The van der Waals surface area contributed by atoms with E-state index in [0.717, 1.165) is 36.2 Å². The number of sulfonamides is 1. The maximum Gasteiger partial charge on any atom is 0.244 e. The first-order chi connectivity index (χ1) is 16.5. The number of amides is 2. The molecule has 1 unspecified atom stereocenters. The number of hydrogen-bond donors (Lipinski definition) is 1. The van der Waals surface area contributed by atoms with Crippen LogP contribution in [0, 0.1) is 12.7 Å². The Labute approximate surface area is 211 Å². The van der Waals surface area contributed by atoms with Crippen molar-refractivity contribution >= 4 is 39.1 Å². The highest BCUT2D eigenvalue weighted by Gasteiger charge is 2.31. The summed E-state index contributed by atoms with van der Waals surface area (Å²) in [5.41, 5.74) is 1.54. The number of aryl methyl sites for hydroxylation is 1. The Morgan fingerprint density at radius 2 is 1.77 bits per heavy atom. The molecule has 0 aliphatic heterocycles. The Kier molecular flexibility index (Phi) is 8.77. The topological polar surface area (TPSA) is 86.8 Å². The smallest absolute Gasteiger partial charge is 0.244 e. The zero-order chi connectivity index (χ0) is 25.8. The van der Waals surface area contributed by atoms with Gasteiger partial charge in [-0.05, 0) is 68.1 Å². The number of nitrogens with zero attached hydrogens (tertiary/aromatic N) is 2. The van der Waals surface area contributed by atoms with E-state index in [1.165, 1.54) is 29.2 Å². The number of carbonyl (C=O) groups is 2. The number of halogens is 2. The fourth-order valence-electron chi connectivity index (χ4n) is 4.25. The summed E-state index contributed by atoms with van der Waals surface area (Å²) in [6.45, 7) is 2.85. The summed E-state index contributed by atoms with van der Waals surface area (Å²) >= 11 is 6.03. The van der Waals surface area contributed by atoms with Crippen molar-refractivity contribution in [1.29, 1.82) is 0 Å². The molecule has 3 rings (SSSR count). The van der Waals surface area contributed by atoms with Crippen molar-refractivity contribution in [3.63, 3.8) is 0 Å². The molecular formula is C25H31ClFN3O4S. The first-order valence-electron chi connectivity index (χ1n) is 11.5. The molecule has 1 saturated carbocycles. The molecule has 0 aromatic heterocycles. The molecule has 1 aliphatic carbocycles. The highest BCUT2D eigenvalue weighted by atomic mass is 35.5. The molecule has 2 aromatic carbocycles. The molecule has 10 heteroatoms. The number of hydrogen-bond acceptors (Lipinski definition) is 4. The van der Waals surface area contributed by atoms with Crippen molar-refractivity contribution in [1.82, 2.24) is 10.2 Å². The van der Waals surface area contributed by atoms with Gasteiger partial charge >= 0.3 is 0 Å². The lowest BCUT2D eigenvalue weighted by atomic mass is 10.1. The van der Waals surface area contributed by atoms with Crippen molar-refractivity contribution in [3.8, 4) is 0 Å². The maximum absolute atomic E-state index is 13.5. The van der Waals surface area contributed by atoms with Crippen LogP contribution in [0.1, 0.15) is 43.7 Å². The minimum absolute atomic E-state index is 0.0234. The molecule has 0 radical (unpaired) electrons. The maximum atomic E-state index is 13.5. The van der Waals surface area contributed by atoms with E-state index in [-0.39, 0.29) is 18.5 Å². The van der Waals surface area contributed by atoms with E-state index in [1.807, 2.05) is 0 Å². The number of rotatable bonds is 9. The van der Waals surface area contributed by atoms with Crippen molar-refractivity contribution in [2.75, 3.05) is 17.1 Å². The van der Waals surface area contributed by atoms with Crippen LogP contribution in [0.25, 0.3) is 0 Å². The number of carbonyl (C=O) groups excluding carboxylic acids is 2. The van der Waals surface area contributed by atoms with Gasteiger partial charge in [-0.15, -0.1) is 0 Å². The van der Waals surface area contributed by atoms with E-state index in [9.17, 15) is 22.4 Å². The molecule has 1 atom stereocenters. The van der Waals surface area contributed by atoms with Gasteiger partial charge in [-0.1, -0.05) is 36.6 Å². The van der Waals surface area contributed by atoms with E-state index >= 15 is 0 Å². The van der Waals surface area contributed by atoms with Gasteiger partial charge in [0.25, 0.3) is 0 Å². The lowest BCUT2D eigenvalue weighted by Crippen LogP contribution is -2.52. The molecule has 7 nitrogen and oxygen atoms in total. The van der Waals surface area contributed by atoms with Crippen LogP contribution in [0.2, 0.25) is 5.02 Å². The zero-order valence-corrected chi connectivity index (χ0v) is 21.7. The molecule has 2 aromatic rings. The van der Waals surface area contributed by atoms with Crippen LogP contribution < -0.4 is 9.62 Å². The van der Waals surface area contributed by atoms with Crippen molar-refractivity contribution in [3.05, 3.63) is 64.4 Å². The average molecular weight is 524 g/mol. The second kappa shape index (κ2) is 11.4. The van der Waals surface area contributed by atoms with Crippen LogP contribution >= 0.6 is 11.6 Å². The van der Waals surface area contributed by atoms with Crippen molar-refractivity contribution < 1.29 is 22.4 Å². The largest absolute Gasteiger partial charge is 0.352 e. The number of anilines is 1. The van der Waals surface area contributed by atoms with E-state index in [4.69, 9.17) is 11.6 Å². The summed E-state index contributed by atoms with van der Waals surface area (Å²) in [4.78, 5) is 27.9. The van der Waals surface area contributed by atoms with Gasteiger partial charge in [-0.2, -0.15) is 0 Å². The molecule has 1 aliphatic rings. The van der Waals surface area contributed by atoms with Crippen LogP contribution in [0.3, 0.4) is 0 Å². The Balaban J connectivity index is 1.89. The number of benzene rings is 2. The quantitative estimate of drug-likeness (QED) is 0.537. The monoisotopic (exact) mass is 523 g/mol. The molecule has 1 N–H and O–H groups in total. The van der Waals surface area contributed by atoms with Crippen LogP contribution in [-0.2, 0) is 26.2 Å². The molecule has 0 saturated heterocycles. The lowest BCUT2D eigenvalue weighted by molar-refractivity contribution is -0.139. The standard InChI is InChI=1S/C25H31ClFN3O4S/c1-17-14-20(26)10-13-23(17)30(35(3,33)34)16-24(31)29(15-19-8-11-21(27)12-9-19)18(2)25(32)28-22-6-4-5-7-22/h8-14,18,22H,4-7,15-16H2,1-3H3,(H,28,32). The summed E-state index contributed by atoms with van der Waals surface area (Å²) in [5, 5.41) is 3.45. The van der Waals surface area contributed by atoms with Crippen molar-refractivity contribution in [2.45, 2.75) is 58.2 Å². The fraction of sp³-hybridized carbons (Fsp3) is 0.440. The SMILES string of the molecule is Cc1cc(Cl)ccc1N(CC(=O)N(Cc1ccc(F)cc1)C(C)C(=O)NC1CCCC1)S(C)(=O)=O. The van der Waals surface area contributed by atoms with E-state index in [1.54, 1.807) is 32.0 Å². The third kappa shape index (κ3) is 7.18. The molecule has 0 bridgehead atoms. The second-order valence-electron chi connectivity index (χ2n) is 9.01. The molecular weight excluding hydrogens is 493 g/mol. The molecule has 2 amide bonds. The van der Waals surface area contributed by atoms with Crippen LogP contribution in [-0.4, -0.2) is 50.0 Å². The first kappa shape index (κ1) is 26.9. The predicted octanol–water partition coefficient (Wildman–Crippen LogP) is 4.03. The molecule has 0 heterocycles. The summed E-state index contributed by atoms with van der Waals surface area (Å²) in [7, 11) is -3.83. The zero-order valence-electron chi connectivity index (χ0n) is 20.1. The van der Waals surface area contributed by atoms with Crippen molar-refractivity contribution in [2.24, 2.45) is 0 Å². The van der Waals surface area contributed by atoms with Gasteiger partial charge in [-0.3, -0.25) is 13.9 Å². The summed E-state index contributed by atoms with van der Waals surface area (Å²) < 4.78 is 39.8. The van der Waals surface area contributed by atoms with Gasteiger partial charge in [0.2, 0.25) is 21.8 Å². The van der Waals surface area contributed by atoms with E-state index < -0.39 is 34.3 Å². The Bertz CT molecular complexity index is 1170. The molecule has 0 spiro atoms. The fourth-order valence-corrected chi connectivity index (χ4v) is 5.39. The van der Waals surface area contributed by atoms with E-state index in [0.29, 0.717) is 21.8 Å². The Morgan fingerprint density at radius 1 is 1.14 bits per heavy atom. The van der Waals surface area contributed by atoms with Gasteiger partial charge < -0.3 is 10.2 Å². The van der Waals surface area contributed by atoms with Gasteiger partial charge in [-0.25, -0.2) is 12.8 Å². The second-order valence-corrected chi connectivity index (χ2v) is 11.4. The van der Waals surface area contributed by atoms with Gasteiger partial charge in [0.1, 0.15) is 18.4 Å². The summed E-state index contributed by atoms with van der Waals surface area (Å²) in [6, 6.07) is 9.56. The number of nitrogens with one attached hydrogen (secondary N) is 1. The van der Waals surface area contributed by atoms with Crippen LogP contribution in [0.4, 0.5) is 10.1 Å². The van der Waals surface area contributed by atoms with Crippen LogP contribution in [0.5, 0.6) is 0 Å².